The highest BCUT2D eigenvalue weighted by Gasteiger charge is 2.30. The van der Waals surface area contributed by atoms with Gasteiger partial charge in [0.15, 0.2) is 5.82 Å². The van der Waals surface area contributed by atoms with Gasteiger partial charge in [-0.15, -0.1) is 0 Å². The molecule has 1 aliphatic rings. The summed E-state index contributed by atoms with van der Waals surface area (Å²) in [5, 5.41) is 11.9. The summed E-state index contributed by atoms with van der Waals surface area (Å²) >= 11 is 1.57. The first-order valence-corrected chi connectivity index (χ1v) is 8.81. The monoisotopic (exact) mass is 357 g/mol. The fraction of sp³-hybridized carbons (Fsp3) is 0.312. The van der Waals surface area contributed by atoms with E-state index in [1.165, 1.54) is 16.9 Å². The smallest absolute Gasteiger partial charge is 0.267 e. The summed E-state index contributed by atoms with van der Waals surface area (Å²) in [6.45, 7) is 1.06. The molecule has 8 nitrogen and oxygen atoms in total. The minimum absolute atomic E-state index is 0.0422. The summed E-state index contributed by atoms with van der Waals surface area (Å²) in [7, 11) is 0. The minimum Gasteiger partial charge on any atom is -0.340 e. The minimum atomic E-state index is -0.287. The molecule has 0 aliphatic carbocycles. The second kappa shape index (κ2) is 6.60. The topological polar surface area (TPSA) is 94.1 Å². The molecule has 128 valence electrons. The van der Waals surface area contributed by atoms with E-state index in [0.717, 1.165) is 12.0 Å². The van der Waals surface area contributed by atoms with Gasteiger partial charge in [0.2, 0.25) is 5.91 Å². The Kier molecular flexibility index (Phi) is 4.14. The van der Waals surface area contributed by atoms with E-state index in [1.54, 1.807) is 22.3 Å². The number of thiophene rings is 1. The van der Waals surface area contributed by atoms with Crippen molar-refractivity contribution in [3.05, 3.63) is 51.3 Å². The summed E-state index contributed by atoms with van der Waals surface area (Å²) in [5.41, 5.74) is 0.620. The van der Waals surface area contributed by atoms with Crippen LogP contribution in [0.3, 0.4) is 0 Å². The maximum absolute atomic E-state index is 12.4. The van der Waals surface area contributed by atoms with Crippen molar-refractivity contribution in [3.8, 4) is 11.5 Å². The van der Waals surface area contributed by atoms with Gasteiger partial charge in [-0.1, -0.05) is 5.16 Å². The Balaban J connectivity index is 1.42. The highest BCUT2D eigenvalue weighted by Crippen LogP contribution is 2.28. The molecular formula is C16H15N5O3S. The van der Waals surface area contributed by atoms with E-state index in [9.17, 15) is 9.59 Å². The van der Waals surface area contributed by atoms with Gasteiger partial charge < -0.3 is 9.42 Å². The van der Waals surface area contributed by atoms with E-state index in [0.29, 0.717) is 24.8 Å². The summed E-state index contributed by atoms with van der Waals surface area (Å²) in [6, 6.07) is 4.87. The Labute approximate surface area is 146 Å². The zero-order chi connectivity index (χ0) is 17.2. The Bertz CT molecular complexity index is 933. The van der Waals surface area contributed by atoms with Crippen LogP contribution in [0, 0.1) is 0 Å². The normalized spacial score (nSPS) is 17.1. The molecule has 1 fully saturated rings. The van der Waals surface area contributed by atoms with Crippen molar-refractivity contribution < 1.29 is 9.32 Å². The van der Waals surface area contributed by atoms with Gasteiger partial charge in [-0.25, -0.2) is 4.68 Å². The number of carbonyl (C=O) groups is 1. The van der Waals surface area contributed by atoms with Crippen LogP contribution in [0.5, 0.6) is 0 Å². The molecule has 0 aromatic carbocycles. The zero-order valence-corrected chi connectivity index (χ0v) is 14.1. The molecule has 4 heterocycles. The third kappa shape index (κ3) is 3.22. The number of aromatic nitrogens is 4. The lowest BCUT2D eigenvalue weighted by Crippen LogP contribution is -2.35. The van der Waals surface area contributed by atoms with Crippen molar-refractivity contribution in [2.45, 2.75) is 18.9 Å². The average molecular weight is 357 g/mol. The van der Waals surface area contributed by atoms with Gasteiger partial charge in [0, 0.05) is 36.7 Å². The largest absolute Gasteiger partial charge is 0.340 e. The van der Waals surface area contributed by atoms with Crippen molar-refractivity contribution in [1.29, 1.82) is 0 Å². The standard InChI is InChI=1S/C16H15N5O3S/c22-13-2-1-5-17-21(13)9-14(23)20-6-3-11(8-20)15-18-16(24-19-15)12-4-7-25-10-12/h1-2,4-5,7,10-11H,3,6,8-9H2. The predicted molar refractivity (Wildman–Crippen MR) is 90.0 cm³/mol. The van der Waals surface area contributed by atoms with Crippen LogP contribution < -0.4 is 5.56 Å². The number of rotatable bonds is 4. The van der Waals surface area contributed by atoms with Gasteiger partial charge in [-0.05, 0) is 23.9 Å². The van der Waals surface area contributed by atoms with Gasteiger partial charge in [0.1, 0.15) is 6.54 Å². The van der Waals surface area contributed by atoms with Gasteiger partial charge in [0.05, 0.1) is 5.56 Å². The molecule has 0 radical (unpaired) electrons. The maximum Gasteiger partial charge on any atom is 0.267 e. The van der Waals surface area contributed by atoms with Crippen molar-refractivity contribution in [2.24, 2.45) is 0 Å². The Morgan fingerprint density at radius 1 is 1.40 bits per heavy atom. The summed E-state index contributed by atoms with van der Waals surface area (Å²) < 4.78 is 6.48. The van der Waals surface area contributed by atoms with Crippen LogP contribution in [-0.2, 0) is 11.3 Å². The maximum atomic E-state index is 12.4. The first-order chi connectivity index (χ1) is 12.2. The van der Waals surface area contributed by atoms with E-state index in [2.05, 4.69) is 15.2 Å². The second-order valence-electron chi connectivity index (χ2n) is 5.81. The van der Waals surface area contributed by atoms with Crippen molar-refractivity contribution in [2.75, 3.05) is 13.1 Å². The van der Waals surface area contributed by atoms with Crippen LogP contribution in [0.4, 0.5) is 0 Å². The second-order valence-corrected chi connectivity index (χ2v) is 6.59. The molecule has 0 spiro atoms. The molecule has 1 amide bonds. The molecule has 3 aromatic heterocycles. The molecule has 3 aromatic rings. The fourth-order valence-electron chi connectivity index (χ4n) is 2.84. The van der Waals surface area contributed by atoms with Crippen LogP contribution >= 0.6 is 11.3 Å². The van der Waals surface area contributed by atoms with Crippen molar-refractivity contribution in [1.82, 2.24) is 24.8 Å². The third-order valence-electron chi connectivity index (χ3n) is 4.19. The first-order valence-electron chi connectivity index (χ1n) is 7.87. The lowest BCUT2D eigenvalue weighted by Gasteiger charge is -2.15. The number of hydrogen-bond acceptors (Lipinski definition) is 7. The number of carbonyl (C=O) groups excluding carboxylic acids is 1. The third-order valence-corrected chi connectivity index (χ3v) is 4.87. The summed E-state index contributed by atoms with van der Waals surface area (Å²) in [6.07, 6.45) is 2.26. The SMILES string of the molecule is O=C(Cn1ncccc1=O)N1CCC(c2noc(-c3ccsc3)n2)C1. The molecule has 4 rings (SSSR count). The fourth-order valence-corrected chi connectivity index (χ4v) is 3.47. The number of likely N-dealkylation sites (tertiary alicyclic amines) is 1. The van der Waals surface area contributed by atoms with Gasteiger partial charge >= 0.3 is 0 Å². The van der Waals surface area contributed by atoms with E-state index >= 15 is 0 Å². The molecule has 9 heteroatoms. The lowest BCUT2D eigenvalue weighted by atomic mass is 10.1. The van der Waals surface area contributed by atoms with Gasteiger partial charge in [-0.2, -0.15) is 21.4 Å². The molecule has 1 atom stereocenters. The van der Waals surface area contributed by atoms with Crippen LogP contribution in [-0.4, -0.2) is 43.8 Å². The molecule has 0 N–H and O–H groups in total. The zero-order valence-electron chi connectivity index (χ0n) is 13.2. The number of amides is 1. The molecule has 0 saturated carbocycles. The highest BCUT2D eigenvalue weighted by molar-refractivity contribution is 7.08. The number of hydrogen-bond donors (Lipinski definition) is 0. The summed E-state index contributed by atoms with van der Waals surface area (Å²) in [5.74, 6) is 1.03. The van der Waals surface area contributed by atoms with E-state index in [4.69, 9.17) is 4.52 Å². The van der Waals surface area contributed by atoms with Crippen molar-refractivity contribution in [3.63, 3.8) is 0 Å². The van der Waals surface area contributed by atoms with E-state index < -0.39 is 0 Å². The van der Waals surface area contributed by atoms with Crippen LogP contribution in [0.25, 0.3) is 11.5 Å². The van der Waals surface area contributed by atoms with E-state index in [1.807, 2.05) is 16.8 Å². The molecular weight excluding hydrogens is 342 g/mol. The van der Waals surface area contributed by atoms with E-state index in [-0.39, 0.29) is 23.9 Å². The molecule has 1 aliphatic heterocycles. The average Bonchev–Trinajstić information content (AvgIpc) is 3.36. The van der Waals surface area contributed by atoms with Gasteiger partial charge in [0.25, 0.3) is 11.4 Å². The predicted octanol–water partition coefficient (Wildman–Crippen LogP) is 1.37. The van der Waals surface area contributed by atoms with Gasteiger partial charge in [-0.3, -0.25) is 9.59 Å². The quantitative estimate of drug-likeness (QED) is 0.700. The Morgan fingerprint density at radius 2 is 2.32 bits per heavy atom. The summed E-state index contributed by atoms with van der Waals surface area (Å²) in [4.78, 5) is 30.2. The highest BCUT2D eigenvalue weighted by atomic mass is 32.1. The molecule has 0 bridgehead atoms. The molecule has 1 unspecified atom stereocenters. The van der Waals surface area contributed by atoms with Crippen LogP contribution in [0.15, 0.2) is 44.5 Å². The van der Waals surface area contributed by atoms with Crippen LogP contribution in [0.2, 0.25) is 0 Å². The first kappa shape index (κ1) is 15.7. The lowest BCUT2D eigenvalue weighted by molar-refractivity contribution is -0.131. The molecule has 1 saturated heterocycles. The molecule has 25 heavy (non-hydrogen) atoms. The van der Waals surface area contributed by atoms with Crippen LogP contribution in [0.1, 0.15) is 18.2 Å². The number of nitrogens with zero attached hydrogens (tertiary/aromatic N) is 5. The van der Waals surface area contributed by atoms with Crippen molar-refractivity contribution >= 4 is 17.2 Å². The Hall–Kier alpha value is -2.81. The Morgan fingerprint density at radius 3 is 3.12 bits per heavy atom.